The van der Waals surface area contributed by atoms with Crippen LogP contribution in [0.1, 0.15) is 61.7 Å². The van der Waals surface area contributed by atoms with Gasteiger partial charge in [0.1, 0.15) is 42.0 Å². The summed E-state index contributed by atoms with van der Waals surface area (Å²) in [7, 11) is -16.5. The molecular formula is C41H54Cl2N9O20P3S. The number of urea groups is 1. The van der Waals surface area contributed by atoms with Crippen LogP contribution in [0.4, 0.5) is 16.3 Å². The molecule has 418 valence electrons. The van der Waals surface area contributed by atoms with E-state index in [4.69, 9.17) is 47.5 Å². The van der Waals surface area contributed by atoms with Crippen molar-refractivity contribution < 1.29 is 94.8 Å². The number of phosphoric ester groups is 3. The third-order valence-corrected chi connectivity index (χ3v) is 15.3. The molecule has 12 N–H and O–H groups in total. The van der Waals surface area contributed by atoms with E-state index in [2.05, 4.69) is 45.1 Å². The second-order valence-corrected chi connectivity index (χ2v) is 23.3. The van der Waals surface area contributed by atoms with Gasteiger partial charge in [-0.05, 0) is 50.1 Å². The summed E-state index contributed by atoms with van der Waals surface area (Å²) in [6, 6.07) is 8.45. The van der Waals surface area contributed by atoms with Crippen molar-refractivity contribution in [2.75, 3.05) is 49.7 Å². The molecule has 5 amide bonds. The van der Waals surface area contributed by atoms with Gasteiger partial charge in [0.2, 0.25) is 11.8 Å². The lowest BCUT2D eigenvalue weighted by atomic mass is 9.87. The number of imidazole rings is 1. The summed E-state index contributed by atoms with van der Waals surface area (Å²) in [6.45, 7) is 2.25. The van der Waals surface area contributed by atoms with Gasteiger partial charge in [0.15, 0.2) is 22.8 Å². The number of carbonyl (C=O) groups excluding carboxylic acids is 5. The van der Waals surface area contributed by atoms with Crippen molar-refractivity contribution in [3.8, 4) is 5.75 Å². The predicted octanol–water partition coefficient (Wildman–Crippen LogP) is 3.49. The van der Waals surface area contributed by atoms with Gasteiger partial charge in [0.05, 0.1) is 36.7 Å². The molecule has 3 heterocycles. The second kappa shape index (κ2) is 27.3. The van der Waals surface area contributed by atoms with E-state index in [0.29, 0.717) is 34.9 Å². The van der Waals surface area contributed by atoms with E-state index in [1.165, 1.54) is 32.0 Å². The molecule has 1 fully saturated rings. The Hall–Kier alpha value is -4.68. The number of aromatic nitrogens is 4. The number of amides is 5. The third-order valence-electron chi connectivity index (χ3n) is 10.7. The highest BCUT2D eigenvalue weighted by atomic mass is 35.5. The molecule has 2 aromatic carbocycles. The quantitative estimate of drug-likeness (QED) is 0.0301. The summed E-state index contributed by atoms with van der Waals surface area (Å²) in [5.41, 5.74) is 5.27. The van der Waals surface area contributed by atoms with Crippen molar-refractivity contribution in [2.45, 2.75) is 77.1 Å². The van der Waals surface area contributed by atoms with Gasteiger partial charge in [-0.1, -0.05) is 54.9 Å². The molecule has 35 heteroatoms. The lowest BCUT2D eigenvalue weighted by molar-refractivity contribution is -0.137. The van der Waals surface area contributed by atoms with Crippen LogP contribution in [-0.2, 0) is 50.7 Å². The molecule has 76 heavy (non-hydrogen) atoms. The molecule has 0 saturated carbocycles. The van der Waals surface area contributed by atoms with Crippen LogP contribution in [0, 0.1) is 12.3 Å². The number of nitrogens with zero attached hydrogens (tertiary/aromatic N) is 4. The first-order valence-electron chi connectivity index (χ1n) is 22.4. The number of ether oxygens (including phenoxy) is 2. The number of aliphatic hydroxyl groups excluding tert-OH is 2. The van der Waals surface area contributed by atoms with Crippen LogP contribution in [0.5, 0.6) is 5.75 Å². The SMILES string of the molecule is Cc1c(NC(=O)NC(=O)c2ccc(Cl)cc2Cl)cccc1OCCCCC(=O)SCCNC(=O)CCNC(=O)C(O)C(C)(C)COP(=O)(O)OP(=O)(O)OCC1OC(n2cnc3c(N)ncnc32)C(O)C1OP(=O)(O)O. The monoisotopic (exact) mass is 1190 g/mol. The molecule has 5 rings (SSSR count). The zero-order valence-electron chi connectivity index (χ0n) is 40.3. The fourth-order valence-electron chi connectivity index (χ4n) is 6.82. The van der Waals surface area contributed by atoms with E-state index in [9.17, 15) is 67.5 Å². The molecule has 0 bridgehead atoms. The maximum atomic E-state index is 12.8. The minimum absolute atomic E-state index is 0.0156. The maximum absolute atomic E-state index is 12.8. The highest BCUT2D eigenvalue weighted by molar-refractivity contribution is 8.13. The van der Waals surface area contributed by atoms with E-state index < -0.39 is 96.5 Å². The number of unbranched alkanes of at least 4 members (excludes halogenated alkanes) is 1. The lowest BCUT2D eigenvalue weighted by Crippen LogP contribution is -2.46. The van der Waals surface area contributed by atoms with Gasteiger partial charge in [-0.2, -0.15) is 4.31 Å². The van der Waals surface area contributed by atoms with Gasteiger partial charge < -0.3 is 60.9 Å². The van der Waals surface area contributed by atoms with Crippen molar-refractivity contribution in [1.29, 1.82) is 0 Å². The number of nitrogens with one attached hydrogen (secondary N) is 4. The number of thioether (sulfide) groups is 1. The highest BCUT2D eigenvalue weighted by Crippen LogP contribution is 2.61. The van der Waals surface area contributed by atoms with E-state index in [0.717, 1.165) is 29.0 Å². The van der Waals surface area contributed by atoms with Crippen molar-refractivity contribution in [2.24, 2.45) is 5.41 Å². The van der Waals surface area contributed by atoms with Crippen molar-refractivity contribution in [3.63, 3.8) is 0 Å². The molecule has 7 unspecified atom stereocenters. The van der Waals surface area contributed by atoms with Crippen molar-refractivity contribution in [3.05, 3.63) is 70.2 Å². The topological polar surface area (TPSA) is 431 Å². The summed E-state index contributed by atoms with van der Waals surface area (Å²) in [5.74, 6) is -1.54. The first kappa shape index (κ1) is 62.2. The van der Waals surface area contributed by atoms with Crippen LogP contribution in [-0.4, -0.2) is 141 Å². The number of aliphatic hydroxyl groups is 2. The van der Waals surface area contributed by atoms with Crippen molar-refractivity contribution in [1.82, 2.24) is 35.5 Å². The molecule has 7 atom stereocenters. The Morgan fingerprint density at radius 2 is 1.68 bits per heavy atom. The smallest absolute Gasteiger partial charge is 0.481 e. The van der Waals surface area contributed by atoms with Crippen LogP contribution >= 0.6 is 58.4 Å². The molecule has 1 aliphatic heterocycles. The zero-order chi connectivity index (χ0) is 56.2. The van der Waals surface area contributed by atoms with E-state index >= 15 is 0 Å². The standard InChI is InChI=1S/C41H54Cl2N9O20P3S/c1-22-26(50-40(59)51-37(57)24-11-10-23(42)17-25(24)43)7-6-8-27(22)67-15-5-4-9-30(54)76-16-14-45-29(53)12-13-46-38(58)34(56)41(2,3)19-69-75(65,66)72-74(63,64)68-18-28-33(71-73(60,61)62)32(55)39(70-28)52-21-49-31-35(44)47-20-48-36(31)52/h6-8,10-11,17,20-21,28,32-34,39,55-56H,4-5,9,12-16,18-19H2,1-3H3,(H,45,53)(H,46,58)(H,63,64)(H,65,66)(H2,44,47,48)(H2,60,61,62)(H2,50,51,57,59). The Bertz CT molecular complexity index is 2900. The predicted molar refractivity (Wildman–Crippen MR) is 271 cm³/mol. The van der Waals surface area contributed by atoms with Gasteiger partial charge >= 0.3 is 29.5 Å². The first-order valence-corrected chi connectivity index (χ1v) is 28.7. The minimum atomic E-state index is -5.61. The summed E-state index contributed by atoms with van der Waals surface area (Å²) in [4.78, 5) is 114. The fraction of sp³-hybridized carbons (Fsp3) is 0.463. The average Bonchev–Trinajstić information content (AvgIpc) is 3.89. The molecule has 1 saturated heterocycles. The van der Waals surface area contributed by atoms with Gasteiger partial charge in [-0.3, -0.25) is 42.6 Å². The fourth-order valence-corrected chi connectivity index (χ4v) is 10.9. The highest BCUT2D eigenvalue weighted by Gasteiger charge is 2.50. The minimum Gasteiger partial charge on any atom is -0.493 e. The molecule has 0 radical (unpaired) electrons. The lowest BCUT2D eigenvalue weighted by Gasteiger charge is -2.30. The Kier molecular flexibility index (Phi) is 22.3. The number of fused-ring (bicyclic) bond motifs is 1. The maximum Gasteiger partial charge on any atom is 0.481 e. The first-order chi connectivity index (χ1) is 35.6. The summed E-state index contributed by atoms with van der Waals surface area (Å²) >= 11 is 12.9. The Morgan fingerprint density at radius 1 is 0.961 bits per heavy atom. The number of phosphoric acid groups is 3. The molecule has 4 aromatic rings. The molecule has 2 aromatic heterocycles. The van der Waals surface area contributed by atoms with Gasteiger partial charge in [0, 0.05) is 53.4 Å². The van der Waals surface area contributed by atoms with Crippen LogP contribution in [0.3, 0.4) is 0 Å². The molecule has 0 spiro atoms. The van der Waals surface area contributed by atoms with Gasteiger partial charge in [0.25, 0.3) is 5.91 Å². The Labute approximate surface area is 446 Å². The number of rotatable bonds is 27. The number of carbonyl (C=O) groups is 5. The zero-order valence-corrected chi connectivity index (χ0v) is 45.4. The summed E-state index contributed by atoms with van der Waals surface area (Å²) in [6.07, 6.45) is -5.87. The Morgan fingerprint density at radius 3 is 2.39 bits per heavy atom. The van der Waals surface area contributed by atoms with Crippen molar-refractivity contribution >= 4 is 110 Å². The second-order valence-electron chi connectivity index (χ2n) is 17.1. The number of halogens is 2. The van der Waals surface area contributed by atoms with Crippen LogP contribution in [0.15, 0.2) is 49.1 Å². The van der Waals surface area contributed by atoms with Crippen LogP contribution in [0.2, 0.25) is 10.0 Å². The molecule has 0 aliphatic carbocycles. The van der Waals surface area contributed by atoms with Gasteiger partial charge in [-0.25, -0.2) is 33.4 Å². The largest absolute Gasteiger partial charge is 0.493 e. The molecule has 1 aliphatic rings. The molecular weight excluding hydrogens is 1130 g/mol. The number of benzene rings is 2. The van der Waals surface area contributed by atoms with E-state index in [-0.39, 0.29) is 71.0 Å². The van der Waals surface area contributed by atoms with Crippen LogP contribution in [0.25, 0.3) is 11.2 Å². The number of hydrogen-bond acceptors (Lipinski definition) is 21. The molecule has 29 nitrogen and oxygen atoms in total. The Balaban J connectivity index is 0.943. The normalized spacial score (nSPS) is 18.8. The number of imide groups is 1. The number of anilines is 2. The van der Waals surface area contributed by atoms with E-state index in [1.807, 2.05) is 0 Å². The van der Waals surface area contributed by atoms with Crippen LogP contribution < -0.4 is 31.7 Å². The summed E-state index contributed by atoms with van der Waals surface area (Å²) in [5, 5.41) is 31.7. The number of hydrogen-bond donors (Lipinski definition) is 11. The average molecular weight is 1190 g/mol. The number of nitrogen functional groups attached to an aromatic ring is 1. The number of nitrogens with two attached hydrogens (primary N) is 1. The summed E-state index contributed by atoms with van der Waals surface area (Å²) < 4.78 is 68.3. The van der Waals surface area contributed by atoms with Gasteiger partial charge in [-0.15, -0.1) is 0 Å². The third kappa shape index (κ3) is 18.5. The van der Waals surface area contributed by atoms with E-state index in [1.54, 1.807) is 25.1 Å².